The van der Waals surface area contributed by atoms with E-state index in [0.29, 0.717) is 0 Å². The van der Waals surface area contributed by atoms with E-state index in [4.69, 9.17) is 4.42 Å². The normalized spacial score (nSPS) is 11.2. The van der Waals surface area contributed by atoms with Gasteiger partial charge >= 0.3 is 0 Å². The standard InChI is InChI=1S/C35H23NO/c1-2-19-34-31(15-1)32-17-8-16-30(35(32)37-34)28-13-6-11-26(22-28)24-9-5-10-25(21-24)27-12-7-14-29(23-27)33-18-3-4-20-36-33/h1-23H. The summed E-state index contributed by atoms with van der Waals surface area (Å²) in [5.74, 6) is 0. The molecule has 0 saturated carbocycles. The second-order valence-corrected chi connectivity index (χ2v) is 9.24. The van der Waals surface area contributed by atoms with Crippen LogP contribution in [0.2, 0.25) is 0 Å². The van der Waals surface area contributed by atoms with E-state index in [2.05, 4.69) is 108 Å². The molecule has 174 valence electrons. The molecule has 2 heterocycles. The molecule has 2 aromatic heterocycles. The van der Waals surface area contributed by atoms with Gasteiger partial charge in [-0.05, 0) is 64.2 Å². The van der Waals surface area contributed by atoms with Crippen LogP contribution in [-0.2, 0) is 0 Å². The minimum absolute atomic E-state index is 0.918. The van der Waals surface area contributed by atoms with Gasteiger partial charge in [0.1, 0.15) is 11.2 Å². The van der Waals surface area contributed by atoms with Gasteiger partial charge in [0.05, 0.1) is 5.69 Å². The molecule has 0 bridgehead atoms. The molecule has 2 nitrogen and oxygen atoms in total. The number of aromatic nitrogens is 1. The SMILES string of the molecule is c1ccc(-c2cccc(-c3cccc(-c4cccc(-c5cccc6c5oc5ccccc56)c4)c3)c2)nc1. The first kappa shape index (κ1) is 21.3. The number of hydrogen-bond acceptors (Lipinski definition) is 2. The summed E-state index contributed by atoms with van der Waals surface area (Å²) < 4.78 is 6.30. The molecule has 0 aliphatic carbocycles. The fraction of sp³-hybridized carbons (Fsp3) is 0. The molecule has 0 saturated heterocycles. The lowest BCUT2D eigenvalue weighted by atomic mass is 9.95. The molecular formula is C35H23NO. The summed E-state index contributed by atoms with van der Waals surface area (Å²) in [7, 11) is 0. The number of fused-ring (bicyclic) bond motifs is 3. The number of rotatable bonds is 4. The second-order valence-electron chi connectivity index (χ2n) is 9.24. The lowest BCUT2D eigenvalue weighted by Crippen LogP contribution is -1.86. The van der Waals surface area contributed by atoms with Crippen molar-refractivity contribution in [2.75, 3.05) is 0 Å². The molecule has 0 amide bonds. The zero-order valence-electron chi connectivity index (χ0n) is 20.1. The largest absolute Gasteiger partial charge is 0.455 e. The van der Waals surface area contributed by atoms with Crippen molar-refractivity contribution in [3.63, 3.8) is 0 Å². The third-order valence-corrected chi connectivity index (χ3v) is 6.93. The summed E-state index contributed by atoms with van der Waals surface area (Å²) in [5, 5.41) is 2.30. The van der Waals surface area contributed by atoms with Crippen LogP contribution in [0.1, 0.15) is 0 Å². The van der Waals surface area contributed by atoms with Crippen LogP contribution in [0.4, 0.5) is 0 Å². The maximum Gasteiger partial charge on any atom is 0.143 e. The highest BCUT2D eigenvalue weighted by molar-refractivity contribution is 6.09. The molecular weight excluding hydrogens is 450 g/mol. The van der Waals surface area contributed by atoms with E-state index in [1.54, 1.807) is 0 Å². The van der Waals surface area contributed by atoms with Gasteiger partial charge in [0.25, 0.3) is 0 Å². The Labute approximate surface area is 215 Å². The molecule has 0 aliphatic heterocycles. The average Bonchev–Trinajstić information content (AvgIpc) is 3.37. The Balaban J connectivity index is 1.29. The van der Waals surface area contributed by atoms with Crippen molar-refractivity contribution in [2.45, 2.75) is 0 Å². The quantitative estimate of drug-likeness (QED) is 0.254. The Bertz CT molecular complexity index is 1880. The Hall–Kier alpha value is -4.95. The van der Waals surface area contributed by atoms with E-state index >= 15 is 0 Å². The van der Waals surface area contributed by atoms with Crippen LogP contribution in [0.15, 0.2) is 144 Å². The van der Waals surface area contributed by atoms with Gasteiger partial charge < -0.3 is 4.42 Å². The van der Waals surface area contributed by atoms with Crippen LogP contribution in [0.3, 0.4) is 0 Å². The van der Waals surface area contributed by atoms with Crippen molar-refractivity contribution in [1.82, 2.24) is 4.98 Å². The fourth-order valence-corrected chi connectivity index (χ4v) is 5.11. The van der Waals surface area contributed by atoms with Gasteiger partial charge in [-0.2, -0.15) is 0 Å². The lowest BCUT2D eigenvalue weighted by Gasteiger charge is -2.10. The van der Waals surface area contributed by atoms with Gasteiger partial charge in [0.2, 0.25) is 0 Å². The summed E-state index contributed by atoms with van der Waals surface area (Å²) >= 11 is 0. The molecule has 7 rings (SSSR count). The summed E-state index contributed by atoms with van der Waals surface area (Å²) in [5.41, 5.74) is 10.9. The topological polar surface area (TPSA) is 26.0 Å². The predicted octanol–water partition coefficient (Wildman–Crippen LogP) is 9.65. The van der Waals surface area contributed by atoms with Crippen molar-refractivity contribution in [2.24, 2.45) is 0 Å². The van der Waals surface area contributed by atoms with Crippen LogP contribution in [0.5, 0.6) is 0 Å². The first-order valence-electron chi connectivity index (χ1n) is 12.5. The Kier molecular flexibility index (Phi) is 5.15. The second kappa shape index (κ2) is 8.92. The minimum Gasteiger partial charge on any atom is -0.455 e. The number of nitrogens with zero attached hydrogens (tertiary/aromatic N) is 1. The van der Waals surface area contributed by atoms with Gasteiger partial charge in [0, 0.05) is 28.1 Å². The molecule has 0 aliphatic rings. The Morgan fingerprint density at radius 3 is 1.73 bits per heavy atom. The van der Waals surface area contributed by atoms with Crippen molar-refractivity contribution in [1.29, 1.82) is 0 Å². The van der Waals surface area contributed by atoms with Gasteiger partial charge in [0.15, 0.2) is 0 Å². The molecule has 0 N–H and O–H groups in total. The Morgan fingerprint density at radius 1 is 0.432 bits per heavy atom. The number of pyridine rings is 1. The summed E-state index contributed by atoms with van der Waals surface area (Å²) in [6.07, 6.45) is 1.83. The van der Waals surface area contributed by atoms with Crippen molar-refractivity contribution in [3.05, 3.63) is 140 Å². The lowest BCUT2D eigenvalue weighted by molar-refractivity contribution is 0.670. The van der Waals surface area contributed by atoms with Crippen LogP contribution in [-0.4, -0.2) is 4.98 Å². The highest BCUT2D eigenvalue weighted by atomic mass is 16.3. The first-order chi connectivity index (χ1) is 18.3. The summed E-state index contributed by atoms with van der Waals surface area (Å²) in [6.45, 7) is 0. The fourth-order valence-electron chi connectivity index (χ4n) is 5.11. The molecule has 0 spiro atoms. The third-order valence-electron chi connectivity index (χ3n) is 6.93. The van der Waals surface area contributed by atoms with E-state index in [1.165, 1.54) is 22.3 Å². The van der Waals surface area contributed by atoms with Crippen molar-refractivity contribution in [3.8, 4) is 44.6 Å². The maximum atomic E-state index is 6.30. The summed E-state index contributed by atoms with van der Waals surface area (Å²) in [6, 6.07) is 46.6. The zero-order chi connectivity index (χ0) is 24.6. The molecule has 0 unspecified atom stereocenters. The van der Waals surface area contributed by atoms with Crippen LogP contribution < -0.4 is 0 Å². The third kappa shape index (κ3) is 3.89. The maximum absolute atomic E-state index is 6.30. The molecule has 0 fully saturated rings. The smallest absolute Gasteiger partial charge is 0.143 e. The molecule has 0 radical (unpaired) electrons. The molecule has 37 heavy (non-hydrogen) atoms. The highest BCUT2D eigenvalue weighted by Crippen LogP contribution is 2.37. The molecule has 7 aromatic rings. The van der Waals surface area contributed by atoms with Gasteiger partial charge in [-0.15, -0.1) is 0 Å². The number of para-hydroxylation sites is 2. The average molecular weight is 474 g/mol. The minimum atomic E-state index is 0.918. The first-order valence-corrected chi connectivity index (χ1v) is 12.5. The van der Waals surface area contributed by atoms with Crippen LogP contribution in [0.25, 0.3) is 66.6 Å². The van der Waals surface area contributed by atoms with E-state index in [1.807, 2.05) is 36.5 Å². The highest BCUT2D eigenvalue weighted by Gasteiger charge is 2.12. The predicted molar refractivity (Wildman–Crippen MR) is 153 cm³/mol. The molecule has 5 aromatic carbocycles. The molecule has 2 heteroatoms. The zero-order valence-corrected chi connectivity index (χ0v) is 20.1. The Morgan fingerprint density at radius 2 is 1.00 bits per heavy atom. The van der Waals surface area contributed by atoms with E-state index < -0.39 is 0 Å². The van der Waals surface area contributed by atoms with Gasteiger partial charge in [-0.1, -0.05) is 97.1 Å². The van der Waals surface area contributed by atoms with E-state index in [0.717, 1.165) is 44.3 Å². The number of benzene rings is 5. The van der Waals surface area contributed by atoms with Crippen LogP contribution >= 0.6 is 0 Å². The summed E-state index contributed by atoms with van der Waals surface area (Å²) in [4.78, 5) is 4.52. The van der Waals surface area contributed by atoms with Gasteiger partial charge in [-0.3, -0.25) is 4.98 Å². The van der Waals surface area contributed by atoms with Crippen LogP contribution in [0, 0.1) is 0 Å². The molecule has 0 atom stereocenters. The number of hydrogen-bond donors (Lipinski definition) is 0. The number of furan rings is 1. The van der Waals surface area contributed by atoms with E-state index in [9.17, 15) is 0 Å². The van der Waals surface area contributed by atoms with Crippen molar-refractivity contribution < 1.29 is 4.42 Å². The van der Waals surface area contributed by atoms with Gasteiger partial charge in [-0.25, -0.2) is 0 Å². The van der Waals surface area contributed by atoms with Crippen molar-refractivity contribution >= 4 is 21.9 Å². The monoisotopic (exact) mass is 473 g/mol. The van der Waals surface area contributed by atoms with E-state index in [-0.39, 0.29) is 0 Å².